The molecule has 2 aliphatic rings. The summed E-state index contributed by atoms with van der Waals surface area (Å²) in [5.74, 6) is 1.22. The van der Waals surface area contributed by atoms with Gasteiger partial charge in [-0.05, 0) is 55.9 Å². The van der Waals surface area contributed by atoms with Crippen LogP contribution in [0.15, 0.2) is 35.4 Å². The number of morpholine rings is 1. The lowest BCUT2D eigenvalue weighted by atomic mass is 9.90. The van der Waals surface area contributed by atoms with Crippen molar-refractivity contribution in [3.05, 3.63) is 57.6 Å². The highest BCUT2D eigenvalue weighted by atomic mass is 32.1. The Morgan fingerprint density at radius 3 is 2.74 bits per heavy atom. The Morgan fingerprint density at radius 1 is 1.13 bits per heavy atom. The number of anilines is 1. The topological polar surface area (TPSA) is 61.5 Å². The number of aromatic amines is 1. The summed E-state index contributed by atoms with van der Waals surface area (Å²) in [6.07, 6.45) is 6.21. The first kappa shape index (κ1) is 19.0. The fourth-order valence-corrected chi connectivity index (χ4v) is 6.09. The van der Waals surface area contributed by atoms with Crippen LogP contribution in [-0.2, 0) is 17.6 Å². The molecule has 0 saturated carbocycles. The molecule has 4 heterocycles. The Balaban J connectivity index is 1.60. The fraction of sp³-hybridized carbons (Fsp3) is 0.375. The van der Waals surface area contributed by atoms with E-state index in [9.17, 15) is 4.79 Å². The number of pyridine rings is 1. The summed E-state index contributed by atoms with van der Waals surface area (Å²) >= 11 is 1.54. The van der Waals surface area contributed by atoms with E-state index in [1.807, 2.05) is 31.2 Å². The van der Waals surface area contributed by atoms with Gasteiger partial charge in [0.05, 0.1) is 24.3 Å². The third kappa shape index (κ3) is 3.06. The zero-order valence-corrected chi connectivity index (χ0v) is 18.4. The first-order chi connectivity index (χ1) is 15.2. The zero-order chi connectivity index (χ0) is 20.9. The fourth-order valence-electron chi connectivity index (χ4n) is 4.98. The maximum Gasteiger partial charge on any atom is 0.279 e. The summed E-state index contributed by atoms with van der Waals surface area (Å²) in [4.78, 5) is 25.4. The van der Waals surface area contributed by atoms with E-state index < -0.39 is 0 Å². The molecule has 4 aromatic rings. The minimum Gasteiger partial charge on any atom is -0.373 e. The van der Waals surface area contributed by atoms with Crippen LogP contribution >= 0.6 is 11.3 Å². The maximum absolute atomic E-state index is 13.5. The third-order valence-electron chi connectivity index (χ3n) is 6.49. The quantitative estimate of drug-likeness (QED) is 0.486. The molecule has 6 rings (SSSR count). The Kier molecular flexibility index (Phi) is 4.54. The molecule has 0 bridgehead atoms. The van der Waals surface area contributed by atoms with Gasteiger partial charge in [0.25, 0.3) is 11.4 Å². The molecule has 0 radical (unpaired) electrons. The lowest BCUT2D eigenvalue weighted by Crippen LogP contribution is -2.40. The molecule has 1 aromatic carbocycles. The second kappa shape index (κ2) is 7.43. The molecule has 0 atom stereocenters. The van der Waals surface area contributed by atoms with Crippen molar-refractivity contribution in [2.24, 2.45) is 0 Å². The van der Waals surface area contributed by atoms with Crippen molar-refractivity contribution < 1.29 is 9.72 Å². The van der Waals surface area contributed by atoms with Crippen LogP contribution in [-0.4, -0.2) is 35.9 Å². The van der Waals surface area contributed by atoms with Gasteiger partial charge in [0, 0.05) is 5.56 Å². The van der Waals surface area contributed by atoms with Crippen molar-refractivity contribution in [1.29, 1.82) is 0 Å². The maximum atomic E-state index is 13.5. The van der Waals surface area contributed by atoms with Gasteiger partial charge in [0.15, 0.2) is 4.83 Å². The van der Waals surface area contributed by atoms with Crippen molar-refractivity contribution >= 4 is 37.6 Å². The molecule has 1 saturated heterocycles. The van der Waals surface area contributed by atoms with Gasteiger partial charge in [-0.1, -0.05) is 23.5 Å². The van der Waals surface area contributed by atoms with Crippen LogP contribution in [0, 0.1) is 6.92 Å². The highest BCUT2D eigenvalue weighted by Crippen LogP contribution is 2.38. The van der Waals surface area contributed by atoms with Gasteiger partial charge in [0.1, 0.15) is 29.6 Å². The number of aromatic nitrogens is 3. The first-order valence-electron chi connectivity index (χ1n) is 11.0. The molecule has 6 nitrogen and oxygen atoms in total. The van der Waals surface area contributed by atoms with Gasteiger partial charge in [0.2, 0.25) is 0 Å². The van der Waals surface area contributed by atoms with Crippen LogP contribution in [0.3, 0.4) is 0 Å². The summed E-state index contributed by atoms with van der Waals surface area (Å²) in [7, 11) is 0. The SMILES string of the molecule is Cc1cccc(-n2cnc3c(sc4[nH+]c(N5CCOCC5)c5c(c43)CCCC5)c2=O)c1. The van der Waals surface area contributed by atoms with E-state index in [1.165, 1.54) is 29.8 Å². The zero-order valence-electron chi connectivity index (χ0n) is 17.6. The standard InChI is InChI=1S/C24H24N4O2S/c1-15-5-4-6-16(13-15)28-14-25-20-19-17-7-2-3-8-18(17)22(27-9-11-30-12-10-27)26-23(19)31-21(20)24(28)29/h4-6,13-14H,2-3,7-12H2,1H3/p+1. The van der Waals surface area contributed by atoms with Gasteiger partial charge >= 0.3 is 0 Å². The molecule has 31 heavy (non-hydrogen) atoms. The number of nitrogens with one attached hydrogen (secondary N) is 1. The van der Waals surface area contributed by atoms with E-state index in [2.05, 4.69) is 9.88 Å². The molecule has 0 unspecified atom stereocenters. The lowest BCUT2D eigenvalue weighted by Gasteiger charge is -2.25. The molecule has 1 N–H and O–H groups in total. The normalized spacial score (nSPS) is 16.7. The average molecular weight is 434 g/mol. The van der Waals surface area contributed by atoms with Crippen molar-refractivity contribution in [3.63, 3.8) is 0 Å². The number of rotatable bonds is 2. The predicted molar refractivity (Wildman–Crippen MR) is 124 cm³/mol. The van der Waals surface area contributed by atoms with E-state index in [-0.39, 0.29) is 5.56 Å². The van der Waals surface area contributed by atoms with Crippen LogP contribution in [0.1, 0.15) is 29.5 Å². The number of benzene rings is 1. The van der Waals surface area contributed by atoms with Crippen molar-refractivity contribution in [2.45, 2.75) is 32.6 Å². The summed E-state index contributed by atoms with van der Waals surface area (Å²) < 4.78 is 7.96. The van der Waals surface area contributed by atoms with Crippen LogP contribution in [0.25, 0.3) is 26.1 Å². The first-order valence-corrected chi connectivity index (χ1v) is 11.8. The summed E-state index contributed by atoms with van der Waals surface area (Å²) in [6, 6.07) is 7.99. The average Bonchev–Trinajstić information content (AvgIpc) is 3.19. The van der Waals surface area contributed by atoms with Gasteiger partial charge in [-0.15, -0.1) is 0 Å². The van der Waals surface area contributed by atoms with Gasteiger partial charge in [-0.25, -0.2) is 9.97 Å². The minimum atomic E-state index is 0.00248. The smallest absolute Gasteiger partial charge is 0.279 e. The highest BCUT2D eigenvalue weighted by molar-refractivity contribution is 7.25. The molecule has 3 aromatic heterocycles. The van der Waals surface area contributed by atoms with Crippen molar-refractivity contribution in [2.75, 3.05) is 31.2 Å². The number of ether oxygens (including phenoxy) is 1. The van der Waals surface area contributed by atoms with Crippen molar-refractivity contribution in [3.8, 4) is 5.69 Å². The lowest BCUT2D eigenvalue weighted by molar-refractivity contribution is -0.328. The van der Waals surface area contributed by atoms with Crippen LogP contribution < -0.4 is 15.4 Å². The number of hydrogen-bond donors (Lipinski definition) is 0. The molecular weight excluding hydrogens is 408 g/mol. The Morgan fingerprint density at radius 2 is 1.94 bits per heavy atom. The van der Waals surface area contributed by atoms with Crippen molar-refractivity contribution in [1.82, 2.24) is 9.55 Å². The van der Waals surface area contributed by atoms with Crippen LogP contribution in [0.4, 0.5) is 5.82 Å². The number of hydrogen-bond acceptors (Lipinski definition) is 5. The number of fused-ring (bicyclic) bond motifs is 5. The monoisotopic (exact) mass is 433 g/mol. The molecule has 1 aliphatic heterocycles. The second-order valence-electron chi connectivity index (χ2n) is 8.48. The molecule has 0 amide bonds. The largest absolute Gasteiger partial charge is 0.373 e. The van der Waals surface area contributed by atoms with Gasteiger partial charge in [-0.3, -0.25) is 14.3 Å². The summed E-state index contributed by atoms with van der Waals surface area (Å²) in [5, 5.41) is 1.15. The minimum absolute atomic E-state index is 0.00248. The van der Waals surface area contributed by atoms with Crippen LogP contribution in [0.5, 0.6) is 0 Å². The van der Waals surface area contributed by atoms with Crippen LogP contribution in [0.2, 0.25) is 0 Å². The molecule has 1 fully saturated rings. The highest BCUT2D eigenvalue weighted by Gasteiger charge is 2.30. The van der Waals surface area contributed by atoms with E-state index >= 15 is 0 Å². The Hall–Kier alpha value is -2.77. The van der Waals surface area contributed by atoms with Gasteiger partial charge in [-0.2, -0.15) is 0 Å². The number of H-pyrrole nitrogens is 1. The Labute approximate surface area is 184 Å². The van der Waals surface area contributed by atoms with E-state index in [1.54, 1.807) is 22.2 Å². The van der Waals surface area contributed by atoms with E-state index in [4.69, 9.17) is 9.72 Å². The third-order valence-corrected chi connectivity index (χ3v) is 7.58. The summed E-state index contributed by atoms with van der Waals surface area (Å²) in [6.45, 7) is 5.36. The number of thiophene rings is 1. The molecule has 7 heteroatoms. The van der Waals surface area contributed by atoms with Gasteiger partial charge < -0.3 is 4.74 Å². The second-order valence-corrected chi connectivity index (χ2v) is 9.50. The van der Waals surface area contributed by atoms with E-state index in [0.29, 0.717) is 0 Å². The molecule has 1 aliphatic carbocycles. The molecular formula is C24H25N4O2S+. The number of nitrogens with zero attached hydrogens (tertiary/aromatic N) is 3. The number of aryl methyl sites for hydroxylation is 2. The van der Waals surface area contributed by atoms with E-state index in [0.717, 1.165) is 70.8 Å². The molecule has 0 spiro atoms. The Bertz CT molecular complexity index is 1370. The summed E-state index contributed by atoms with van der Waals surface area (Å²) in [5.41, 5.74) is 5.62. The molecule has 158 valence electrons. The predicted octanol–water partition coefficient (Wildman–Crippen LogP) is 3.44.